The third-order valence-corrected chi connectivity index (χ3v) is 3.65. The Morgan fingerprint density at radius 1 is 1.17 bits per heavy atom. The van der Waals surface area contributed by atoms with Gasteiger partial charge in [-0.15, -0.1) is 5.73 Å². The summed E-state index contributed by atoms with van der Waals surface area (Å²) in [5.74, 6) is 0. The lowest BCUT2D eigenvalue weighted by molar-refractivity contribution is 0.281. The molecule has 18 heavy (non-hydrogen) atoms. The van der Waals surface area contributed by atoms with E-state index < -0.39 is 6.10 Å². The Morgan fingerprint density at radius 3 is 2.50 bits per heavy atom. The van der Waals surface area contributed by atoms with Gasteiger partial charge in [0.1, 0.15) is 6.10 Å². The second-order valence-electron chi connectivity index (χ2n) is 4.25. The van der Waals surface area contributed by atoms with E-state index >= 15 is 0 Å². The van der Waals surface area contributed by atoms with Crippen LogP contribution >= 0.6 is 11.6 Å². The first-order chi connectivity index (χ1) is 8.74. The maximum atomic E-state index is 10.1. The van der Waals surface area contributed by atoms with E-state index in [4.69, 9.17) is 11.6 Å². The third kappa shape index (κ3) is 1.46. The predicted molar refractivity (Wildman–Crippen MR) is 76.3 cm³/mol. The maximum absolute atomic E-state index is 10.1. The van der Waals surface area contributed by atoms with Gasteiger partial charge in [0.25, 0.3) is 0 Å². The number of benzene rings is 2. The van der Waals surface area contributed by atoms with Crippen molar-refractivity contribution in [3.05, 3.63) is 65.9 Å². The molecule has 0 saturated heterocycles. The molecule has 1 atom stereocenters. The van der Waals surface area contributed by atoms with Crippen molar-refractivity contribution in [3.8, 4) is 0 Å². The molecular weight excluding hydrogens is 244 g/mol. The number of rotatable bonds is 2. The van der Waals surface area contributed by atoms with Crippen LogP contribution in [0.25, 0.3) is 21.4 Å². The molecule has 3 rings (SSSR count). The van der Waals surface area contributed by atoms with E-state index in [1.807, 2.05) is 36.4 Å². The van der Waals surface area contributed by atoms with Crippen molar-refractivity contribution in [1.82, 2.24) is 0 Å². The van der Waals surface area contributed by atoms with Gasteiger partial charge in [0.15, 0.2) is 0 Å². The topological polar surface area (TPSA) is 20.2 Å². The molecule has 0 spiro atoms. The molecule has 1 aliphatic rings. The highest BCUT2D eigenvalue weighted by molar-refractivity contribution is 6.55. The highest BCUT2D eigenvalue weighted by Crippen LogP contribution is 2.45. The molecular formula is C16H11ClO. The van der Waals surface area contributed by atoms with E-state index in [0.29, 0.717) is 5.03 Å². The molecule has 1 unspecified atom stereocenters. The Labute approximate surface area is 110 Å². The summed E-state index contributed by atoms with van der Waals surface area (Å²) in [6.45, 7) is 3.49. The first-order valence-corrected chi connectivity index (χ1v) is 6.08. The SMILES string of the molecule is C=C=CC(O)C1=C(Cl)c2cccc3cccc1c23. The summed E-state index contributed by atoms with van der Waals surface area (Å²) < 4.78 is 0. The number of hydrogen-bond acceptors (Lipinski definition) is 1. The smallest absolute Gasteiger partial charge is 0.107 e. The molecule has 0 aromatic heterocycles. The summed E-state index contributed by atoms with van der Waals surface area (Å²) in [4.78, 5) is 0. The minimum atomic E-state index is -0.770. The van der Waals surface area contributed by atoms with Crippen molar-refractivity contribution in [1.29, 1.82) is 0 Å². The van der Waals surface area contributed by atoms with Gasteiger partial charge >= 0.3 is 0 Å². The lowest BCUT2D eigenvalue weighted by atomic mass is 10.00. The fourth-order valence-corrected chi connectivity index (χ4v) is 2.87. The van der Waals surface area contributed by atoms with Crippen molar-refractivity contribution < 1.29 is 5.11 Å². The van der Waals surface area contributed by atoms with Crippen LogP contribution in [0.15, 0.2) is 54.8 Å². The summed E-state index contributed by atoms with van der Waals surface area (Å²) in [6.07, 6.45) is 0.746. The van der Waals surface area contributed by atoms with Crippen LogP contribution in [0.4, 0.5) is 0 Å². The van der Waals surface area contributed by atoms with E-state index in [0.717, 1.165) is 27.5 Å². The Kier molecular flexibility index (Phi) is 2.61. The quantitative estimate of drug-likeness (QED) is 0.805. The number of aliphatic hydroxyl groups is 1. The molecule has 0 amide bonds. The molecule has 2 aromatic rings. The molecule has 0 aliphatic heterocycles. The van der Waals surface area contributed by atoms with Gasteiger partial charge in [-0.05, 0) is 22.4 Å². The standard InChI is InChI=1S/C16H11ClO/c1-2-5-13(18)15-11-8-3-6-10-7-4-9-12(14(10)11)16(15)17/h3-9,13,18H,1H2. The van der Waals surface area contributed by atoms with Crippen molar-refractivity contribution in [2.45, 2.75) is 6.10 Å². The van der Waals surface area contributed by atoms with Gasteiger partial charge in [-0.3, -0.25) is 0 Å². The molecule has 0 saturated carbocycles. The van der Waals surface area contributed by atoms with Gasteiger partial charge in [-0.2, -0.15) is 0 Å². The molecule has 0 bridgehead atoms. The van der Waals surface area contributed by atoms with Crippen LogP contribution in [0.3, 0.4) is 0 Å². The monoisotopic (exact) mass is 254 g/mol. The van der Waals surface area contributed by atoms with Crippen LogP contribution in [0.5, 0.6) is 0 Å². The van der Waals surface area contributed by atoms with Crippen LogP contribution in [-0.2, 0) is 0 Å². The van der Waals surface area contributed by atoms with Crippen LogP contribution in [0, 0.1) is 0 Å². The van der Waals surface area contributed by atoms with Gasteiger partial charge in [0.2, 0.25) is 0 Å². The van der Waals surface area contributed by atoms with E-state index in [2.05, 4.69) is 12.3 Å². The number of hydrogen-bond donors (Lipinski definition) is 1. The largest absolute Gasteiger partial charge is 0.384 e. The summed E-state index contributed by atoms with van der Waals surface area (Å²) in [5, 5.41) is 13.0. The molecule has 2 heteroatoms. The van der Waals surface area contributed by atoms with Crippen LogP contribution in [0.2, 0.25) is 0 Å². The number of aliphatic hydroxyl groups excluding tert-OH is 1. The van der Waals surface area contributed by atoms with Gasteiger partial charge < -0.3 is 5.11 Å². The summed E-state index contributed by atoms with van der Waals surface area (Å²) in [7, 11) is 0. The molecule has 1 nitrogen and oxygen atoms in total. The molecule has 0 fully saturated rings. The molecule has 1 N–H and O–H groups in total. The average molecular weight is 255 g/mol. The molecule has 0 heterocycles. The number of halogens is 1. The zero-order chi connectivity index (χ0) is 12.7. The van der Waals surface area contributed by atoms with Crippen LogP contribution in [-0.4, -0.2) is 11.2 Å². The molecule has 2 aromatic carbocycles. The van der Waals surface area contributed by atoms with E-state index in [-0.39, 0.29) is 0 Å². The Morgan fingerprint density at radius 2 is 1.83 bits per heavy atom. The fraction of sp³-hybridized carbons (Fsp3) is 0.0625. The lowest BCUT2D eigenvalue weighted by Crippen LogP contribution is -2.04. The minimum Gasteiger partial charge on any atom is -0.384 e. The third-order valence-electron chi connectivity index (χ3n) is 3.24. The van der Waals surface area contributed by atoms with Crippen LogP contribution < -0.4 is 0 Å². The highest BCUT2D eigenvalue weighted by Gasteiger charge is 2.26. The molecule has 0 radical (unpaired) electrons. The first kappa shape index (κ1) is 11.3. The Bertz CT molecular complexity index is 716. The highest BCUT2D eigenvalue weighted by atomic mass is 35.5. The van der Waals surface area contributed by atoms with Gasteiger partial charge in [0, 0.05) is 11.1 Å². The lowest BCUT2D eigenvalue weighted by Gasteiger charge is -2.09. The Hall–Kier alpha value is -1.79. The summed E-state index contributed by atoms with van der Waals surface area (Å²) in [6, 6.07) is 12.0. The summed E-state index contributed by atoms with van der Waals surface area (Å²) >= 11 is 6.40. The Balaban J connectivity index is 2.35. The first-order valence-electron chi connectivity index (χ1n) is 5.70. The minimum absolute atomic E-state index is 0.612. The van der Waals surface area contributed by atoms with E-state index in [1.54, 1.807) is 0 Å². The van der Waals surface area contributed by atoms with E-state index in [1.165, 1.54) is 6.08 Å². The van der Waals surface area contributed by atoms with Crippen molar-refractivity contribution in [3.63, 3.8) is 0 Å². The van der Waals surface area contributed by atoms with Gasteiger partial charge in [0.05, 0.1) is 5.03 Å². The van der Waals surface area contributed by atoms with E-state index in [9.17, 15) is 5.11 Å². The molecule has 1 aliphatic carbocycles. The van der Waals surface area contributed by atoms with Crippen molar-refractivity contribution in [2.75, 3.05) is 0 Å². The average Bonchev–Trinajstić information content (AvgIpc) is 2.66. The van der Waals surface area contributed by atoms with Crippen molar-refractivity contribution in [2.24, 2.45) is 0 Å². The fourth-order valence-electron chi connectivity index (χ4n) is 2.50. The van der Waals surface area contributed by atoms with Gasteiger partial charge in [-0.25, -0.2) is 0 Å². The van der Waals surface area contributed by atoms with Gasteiger partial charge in [-0.1, -0.05) is 54.6 Å². The van der Waals surface area contributed by atoms with Crippen LogP contribution in [0.1, 0.15) is 11.1 Å². The molecule has 88 valence electrons. The zero-order valence-corrected chi connectivity index (χ0v) is 10.4. The maximum Gasteiger partial charge on any atom is 0.107 e. The normalized spacial score (nSPS) is 14.8. The summed E-state index contributed by atoms with van der Waals surface area (Å²) in [5.41, 5.74) is 5.32. The second-order valence-corrected chi connectivity index (χ2v) is 4.63. The predicted octanol–water partition coefficient (Wildman–Crippen LogP) is 3.96. The van der Waals surface area contributed by atoms with Crippen molar-refractivity contribution >= 4 is 33.0 Å². The second kappa shape index (κ2) is 4.15. The zero-order valence-electron chi connectivity index (χ0n) is 9.65.